The molecule has 0 aliphatic carbocycles. The number of benzene rings is 2. The molecular weight excluding hydrogens is 418 g/mol. The van der Waals surface area contributed by atoms with Crippen LogP contribution < -0.4 is 4.74 Å². The second-order valence-corrected chi connectivity index (χ2v) is 7.76. The Balaban J connectivity index is 1.38. The second kappa shape index (κ2) is 9.22. The molecule has 160 valence electrons. The van der Waals surface area contributed by atoms with Gasteiger partial charge in [0, 0.05) is 37.3 Å². The summed E-state index contributed by atoms with van der Waals surface area (Å²) in [6.07, 6.45) is 0. The van der Waals surface area contributed by atoms with E-state index in [4.69, 9.17) is 20.9 Å². The third-order valence-electron chi connectivity index (χ3n) is 5.12. The Morgan fingerprint density at radius 3 is 2.29 bits per heavy atom. The van der Waals surface area contributed by atoms with E-state index in [0.717, 1.165) is 5.56 Å². The first-order valence-electron chi connectivity index (χ1n) is 9.99. The van der Waals surface area contributed by atoms with E-state index in [1.165, 1.54) is 0 Å². The van der Waals surface area contributed by atoms with Crippen molar-refractivity contribution in [3.63, 3.8) is 0 Å². The fraction of sp³-hybridized carbons (Fsp3) is 0.261. The first-order valence-corrected chi connectivity index (χ1v) is 10.4. The SMILES string of the molecule is Cc1cc(C(=O)N2CCN(C(=O)c3ccccc3OCc3ccc(Cl)cc3)CC2)on1. The average Bonchev–Trinajstić information content (AvgIpc) is 3.24. The Morgan fingerprint density at radius 2 is 1.65 bits per heavy atom. The van der Waals surface area contributed by atoms with Crippen LogP contribution in [0.4, 0.5) is 0 Å². The number of hydrogen-bond acceptors (Lipinski definition) is 5. The van der Waals surface area contributed by atoms with Crippen LogP contribution in [0.3, 0.4) is 0 Å². The molecule has 1 aromatic heterocycles. The Hall–Kier alpha value is -3.32. The summed E-state index contributed by atoms with van der Waals surface area (Å²) in [5.74, 6) is 0.421. The molecule has 0 N–H and O–H groups in total. The Bertz CT molecular complexity index is 1070. The first-order chi connectivity index (χ1) is 15.0. The number of carbonyl (C=O) groups is 2. The van der Waals surface area contributed by atoms with Crippen molar-refractivity contribution in [1.29, 1.82) is 0 Å². The number of hydrogen-bond donors (Lipinski definition) is 0. The minimum atomic E-state index is -0.209. The van der Waals surface area contributed by atoms with Gasteiger partial charge in [0.25, 0.3) is 11.8 Å². The summed E-state index contributed by atoms with van der Waals surface area (Å²) >= 11 is 5.92. The number of halogens is 1. The van der Waals surface area contributed by atoms with Crippen LogP contribution in [0.15, 0.2) is 59.1 Å². The fourth-order valence-electron chi connectivity index (χ4n) is 3.41. The molecule has 0 atom stereocenters. The van der Waals surface area contributed by atoms with Crippen molar-refractivity contribution in [2.75, 3.05) is 26.2 Å². The number of aromatic nitrogens is 1. The third-order valence-corrected chi connectivity index (χ3v) is 5.37. The van der Waals surface area contributed by atoms with Crippen molar-refractivity contribution in [3.05, 3.63) is 82.2 Å². The first kappa shape index (κ1) is 20.9. The molecule has 31 heavy (non-hydrogen) atoms. The van der Waals surface area contributed by atoms with Crippen LogP contribution in [0.5, 0.6) is 5.75 Å². The van der Waals surface area contributed by atoms with E-state index in [9.17, 15) is 9.59 Å². The molecular formula is C23H22ClN3O4. The molecule has 0 radical (unpaired) electrons. The van der Waals surface area contributed by atoms with Gasteiger partial charge in [0.05, 0.1) is 11.3 Å². The highest BCUT2D eigenvalue weighted by Crippen LogP contribution is 2.22. The van der Waals surface area contributed by atoms with Gasteiger partial charge in [-0.3, -0.25) is 9.59 Å². The highest BCUT2D eigenvalue weighted by Gasteiger charge is 2.28. The van der Waals surface area contributed by atoms with Gasteiger partial charge < -0.3 is 19.1 Å². The van der Waals surface area contributed by atoms with Crippen molar-refractivity contribution >= 4 is 23.4 Å². The van der Waals surface area contributed by atoms with Gasteiger partial charge in [-0.1, -0.05) is 41.0 Å². The summed E-state index contributed by atoms with van der Waals surface area (Å²) < 4.78 is 11.0. The molecule has 0 bridgehead atoms. The molecule has 1 fully saturated rings. The summed E-state index contributed by atoms with van der Waals surface area (Å²) in [5.41, 5.74) is 2.12. The van der Waals surface area contributed by atoms with Crippen LogP contribution in [0.2, 0.25) is 5.02 Å². The van der Waals surface area contributed by atoms with Crippen molar-refractivity contribution in [2.24, 2.45) is 0 Å². The van der Waals surface area contributed by atoms with Crippen LogP contribution in [-0.4, -0.2) is 52.9 Å². The maximum absolute atomic E-state index is 13.1. The molecule has 3 aromatic rings. The molecule has 2 heterocycles. The quantitative estimate of drug-likeness (QED) is 0.604. The smallest absolute Gasteiger partial charge is 0.292 e. The number of rotatable bonds is 5. The monoisotopic (exact) mass is 439 g/mol. The number of carbonyl (C=O) groups excluding carboxylic acids is 2. The Kier molecular flexibility index (Phi) is 6.23. The van der Waals surface area contributed by atoms with Gasteiger partial charge in [-0.2, -0.15) is 0 Å². The number of amides is 2. The molecule has 8 heteroatoms. The highest BCUT2D eigenvalue weighted by molar-refractivity contribution is 6.30. The molecule has 4 rings (SSSR count). The molecule has 0 unspecified atom stereocenters. The van der Waals surface area contributed by atoms with Crippen LogP contribution in [-0.2, 0) is 6.61 Å². The number of aryl methyl sites for hydroxylation is 1. The van der Waals surface area contributed by atoms with Gasteiger partial charge in [0.15, 0.2) is 0 Å². The zero-order chi connectivity index (χ0) is 21.8. The largest absolute Gasteiger partial charge is 0.488 e. The van der Waals surface area contributed by atoms with Crippen LogP contribution in [0.1, 0.15) is 32.2 Å². The molecule has 7 nitrogen and oxygen atoms in total. The van der Waals surface area contributed by atoms with Crippen LogP contribution in [0, 0.1) is 6.92 Å². The lowest BCUT2D eigenvalue weighted by Crippen LogP contribution is -2.50. The number of piperazine rings is 1. The number of para-hydroxylation sites is 1. The van der Waals surface area contributed by atoms with E-state index in [1.807, 2.05) is 24.3 Å². The van der Waals surface area contributed by atoms with Crippen molar-refractivity contribution in [1.82, 2.24) is 15.0 Å². The minimum Gasteiger partial charge on any atom is -0.488 e. The lowest BCUT2D eigenvalue weighted by Gasteiger charge is -2.34. The molecule has 0 saturated carbocycles. The zero-order valence-corrected chi connectivity index (χ0v) is 17.8. The summed E-state index contributed by atoms with van der Waals surface area (Å²) in [6.45, 7) is 3.83. The maximum atomic E-state index is 13.1. The van der Waals surface area contributed by atoms with Crippen molar-refractivity contribution < 1.29 is 18.8 Å². The van der Waals surface area contributed by atoms with Gasteiger partial charge >= 0.3 is 0 Å². The maximum Gasteiger partial charge on any atom is 0.292 e. The number of ether oxygens (including phenoxy) is 1. The van der Waals surface area contributed by atoms with E-state index in [0.29, 0.717) is 54.8 Å². The summed E-state index contributed by atoms with van der Waals surface area (Å²) in [4.78, 5) is 29.0. The summed E-state index contributed by atoms with van der Waals surface area (Å²) in [5, 5.41) is 4.42. The van der Waals surface area contributed by atoms with E-state index in [-0.39, 0.29) is 17.6 Å². The highest BCUT2D eigenvalue weighted by atomic mass is 35.5. The van der Waals surface area contributed by atoms with Gasteiger partial charge in [-0.05, 0) is 36.8 Å². The summed E-state index contributed by atoms with van der Waals surface area (Å²) in [6, 6.07) is 16.2. The van der Waals surface area contributed by atoms with E-state index in [2.05, 4.69) is 5.16 Å². The molecule has 2 aromatic carbocycles. The van der Waals surface area contributed by atoms with Crippen molar-refractivity contribution in [3.8, 4) is 5.75 Å². The standard InChI is InChI=1S/C23H22ClN3O4/c1-16-14-21(31-25-16)23(29)27-12-10-26(11-13-27)22(28)19-4-2-3-5-20(19)30-15-17-6-8-18(24)9-7-17/h2-9,14H,10-13,15H2,1H3. The lowest BCUT2D eigenvalue weighted by molar-refractivity contribution is 0.0510. The predicted octanol–water partition coefficient (Wildman–Crippen LogP) is 3.81. The summed E-state index contributed by atoms with van der Waals surface area (Å²) in [7, 11) is 0. The fourth-order valence-corrected chi connectivity index (χ4v) is 3.54. The van der Waals surface area contributed by atoms with E-state index < -0.39 is 0 Å². The van der Waals surface area contributed by atoms with Gasteiger partial charge in [-0.25, -0.2) is 0 Å². The zero-order valence-electron chi connectivity index (χ0n) is 17.1. The molecule has 1 saturated heterocycles. The predicted molar refractivity (Wildman–Crippen MR) is 115 cm³/mol. The van der Waals surface area contributed by atoms with Crippen LogP contribution in [0.25, 0.3) is 0 Å². The molecule has 2 amide bonds. The van der Waals surface area contributed by atoms with Crippen molar-refractivity contribution in [2.45, 2.75) is 13.5 Å². The Labute approximate surface area is 185 Å². The lowest BCUT2D eigenvalue weighted by atomic mass is 10.1. The molecule has 1 aliphatic rings. The van der Waals surface area contributed by atoms with Gasteiger partial charge in [-0.15, -0.1) is 0 Å². The van der Waals surface area contributed by atoms with Gasteiger partial charge in [0.1, 0.15) is 12.4 Å². The second-order valence-electron chi connectivity index (χ2n) is 7.33. The normalized spacial score (nSPS) is 13.9. The molecule has 1 aliphatic heterocycles. The Morgan fingerprint density at radius 1 is 1.00 bits per heavy atom. The third kappa shape index (κ3) is 4.88. The van der Waals surface area contributed by atoms with E-state index in [1.54, 1.807) is 47.1 Å². The topological polar surface area (TPSA) is 75.9 Å². The average molecular weight is 440 g/mol. The van der Waals surface area contributed by atoms with E-state index >= 15 is 0 Å². The van der Waals surface area contributed by atoms with Gasteiger partial charge in [0.2, 0.25) is 5.76 Å². The molecule has 0 spiro atoms. The number of nitrogens with zero attached hydrogens (tertiary/aromatic N) is 3. The minimum absolute atomic E-state index is 0.116. The van der Waals surface area contributed by atoms with Crippen LogP contribution >= 0.6 is 11.6 Å².